The Bertz CT molecular complexity index is 419. The first kappa shape index (κ1) is 12.9. The highest BCUT2D eigenvalue weighted by Crippen LogP contribution is 2.21. The van der Waals surface area contributed by atoms with Crippen LogP contribution >= 0.6 is 22.6 Å². The van der Waals surface area contributed by atoms with Crippen molar-refractivity contribution < 1.29 is 19.4 Å². The third kappa shape index (κ3) is 3.17. The van der Waals surface area contributed by atoms with Crippen molar-refractivity contribution in [3.63, 3.8) is 0 Å². The number of hydrogen-bond donors (Lipinski definition) is 2. The molecule has 0 saturated heterocycles. The van der Waals surface area contributed by atoms with E-state index in [0.29, 0.717) is 5.56 Å². The van der Waals surface area contributed by atoms with Crippen molar-refractivity contribution in [1.82, 2.24) is 0 Å². The van der Waals surface area contributed by atoms with E-state index in [-0.39, 0.29) is 22.3 Å². The molecule has 0 aromatic heterocycles. The van der Waals surface area contributed by atoms with Crippen molar-refractivity contribution in [2.45, 2.75) is 6.54 Å². The van der Waals surface area contributed by atoms with Crippen LogP contribution in [-0.4, -0.2) is 21.5 Å². The summed E-state index contributed by atoms with van der Waals surface area (Å²) in [6, 6.07) is 4.43. The van der Waals surface area contributed by atoms with E-state index in [4.69, 9.17) is 15.6 Å². The minimum Gasteiger partial charge on any atom is -0.478 e. The van der Waals surface area contributed by atoms with Gasteiger partial charge in [0, 0.05) is 6.54 Å². The van der Waals surface area contributed by atoms with Crippen molar-refractivity contribution in [1.29, 1.82) is 0 Å². The number of nitrogens with two attached hydrogens (primary N) is 1. The van der Waals surface area contributed by atoms with Crippen molar-refractivity contribution in [3.8, 4) is 5.75 Å². The number of carbonyl (C=O) groups excluding carboxylic acids is 1. The minimum absolute atomic E-state index is 0.0390. The van der Waals surface area contributed by atoms with Crippen LogP contribution in [0.2, 0.25) is 0 Å². The maximum atomic E-state index is 11.1. The molecule has 6 heteroatoms. The zero-order valence-corrected chi connectivity index (χ0v) is 10.4. The summed E-state index contributed by atoms with van der Waals surface area (Å²) in [5.41, 5.74) is 6.08. The number of benzene rings is 1. The second-order valence-corrected chi connectivity index (χ2v) is 3.71. The first-order valence-corrected chi connectivity index (χ1v) is 5.94. The maximum Gasteiger partial charge on any atom is 0.339 e. The Morgan fingerprint density at radius 1 is 1.44 bits per heavy atom. The van der Waals surface area contributed by atoms with Gasteiger partial charge in [-0.3, -0.25) is 4.79 Å². The largest absolute Gasteiger partial charge is 0.478 e. The Balaban J connectivity index is 3.10. The average Bonchev–Trinajstić information content (AvgIpc) is 2.28. The highest BCUT2D eigenvalue weighted by Gasteiger charge is 2.14. The number of esters is 1. The van der Waals surface area contributed by atoms with Crippen LogP contribution in [0.5, 0.6) is 5.75 Å². The van der Waals surface area contributed by atoms with Crippen LogP contribution in [0, 0.1) is 0 Å². The topological polar surface area (TPSA) is 89.6 Å². The lowest BCUT2D eigenvalue weighted by Gasteiger charge is -2.07. The van der Waals surface area contributed by atoms with Crippen LogP contribution < -0.4 is 10.5 Å². The van der Waals surface area contributed by atoms with E-state index in [2.05, 4.69) is 0 Å². The molecule has 5 nitrogen and oxygen atoms in total. The Morgan fingerprint density at radius 3 is 2.62 bits per heavy atom. The molecule has 3 N–H and O–H groups in total. The molecule has 1 aromatic carbocycles. The van der Waals surface area contributed by atoms with E-state index >= 15 is 0 Å². The third-order valence-corrected chi connectivity index (χ3v) is 2.47. The summed E-state index contributed by atoms with van der Waals surface area (Å²) < 4.78 is 5.07. The number of halogens is 1. The van der Waals surface area contributed by atoms with Gasteiger partial charge in [-0.15, -0.1) is 0 Å². The smallest absolute Gasteiger partial charge is 0.339 e. The van der Waals surface area contributed by atoms with Gasteiger partial charge in [-0.1, -0.05) is 28.7 Å². The number of alkyl halides is 1. The van der Waals surface area contributed by atoms with Gasteiger partial charge in [0.15, 0.2) is 0 Å². The molecule has 0 radical (unpaired) electrons. The van der Waals surface area contributed by atoms with Crippen molar-refractivity contribution in [2.24, 2.45) is 5.73 Å². The molecular weight excluding hydrogens is 325 g/mol. The van der Waals surface area contributed by atoms with Gasteiger partial charge in [-0.25, -0.2) is 4.79 Å². The van der Waals surface area contributed by atoms with Crippen LogP contribution in [0.15, 0.2) is 18.2 Å². The highest BCUT2D eigenvalue weighted by atomic mass is 127. The molecule has 0 aliphatic heterocycles. The molecule has 0 fully saturated rings. The molecule has 0 amide bonds. The molecule has 0 atom stereocenters. The van der Waals surface area contributed by atoms with Crippen LogP contribution in [0.4, 0.5) is 0 Å². The summed E-state index contributed by atoms with van der Waals surface area (Å²) in [5.74, 6) is -1.59. The van der Waals surface area contributed by atoms with Crippen molar-refractivity contribution in [3.05, 3.63) is 29.3 Å². The lowest BCUT2D eigenvalue weighted by molar-refractivity contribution is -0.131. The summed E-state index contributed by atoms with van der Waals surface area (Å²) in [6.45, 7) is 0.259. The molecule has 0 spiro atoms. The SMILES string of the molecule is NCc1ccc(C(=O)O)c(OC(=O)CI)c1. The van der Waals surface area contributed by atoms with Gasteiger partial charge in [0.05, 0.1) is 4.43 Å². The predicted octanol–water partition coefficient (Wildman–Crippen LogP) is 1.18. The molecule has 0 aliphatic rings. The fourth-order valence-electron chi connectivity index (χ4n) is 1.10. The van der Waals surface area contributed by atoms with Gasteiger partial charge >= 0.3 is 11.9 Å². The molecule has 0 unspecified atom stereocenters. The van der Waals surface area contributed by atoms with E-state index < -0.39 is 11.9 Å². The van der Waals surface area contributed by atoms with Gasteiger partial charge in [0.25, 0.3) is 0 Å². The maximum absolute atomic E-state index is 11.1. The fraction of sp³-hybridized carbons (Fsp3) is 0.200. The number of aromatic carboxylic acids is 1. The number of hydrogen-bond acceptors (Lipinski definition) is 4. The Hall–Kier alpha value is -1.15. The van der Waals surface area contributed by atoms with E-state index in [0.717, 1.165) is 0 Å². The quantitative estimate of drug-likeness (QED) is 0.373. The highest BCUT2D eigenvalue weighted by molar-refractivity contribution is 14.1. The van der Waals surface area contributed by atoms with Gasteiger partial charge in [0.2, 0.25) is 0 Å². The van der Waals surface area contributed by atoms with Crippen molar-refractivity contribution in [2.75, 3.05) is 4.43 Å². The van der Waals surface area contributed by atoms with Gasteiger partial charge in [-0.05, 0) is 17.7 Å². The molecule has 0 aliphatic carbocycles. The van der Waals surface area contributed by atoms with E-state index in [1.165, 1.54) is 12.1 Å². The van der Waals surface area contributed by atoms with E-state index in [9.17, 15) is 9.59 Å². The first-order valence-electron chi connectivity index (χ1n) is 4.41. The van der Waals surface area contributed by atoms with Gasteiger partial charge in [-0.2, -0.15) is 0 Å². The lowest BCUT2D eigenvalue weighted by Crippen LogP contribution is -2.12. The van der Waals surface area contributed by atoms with Crippen LogP contribution in [0.1, 0.15) is 15.9 Å². The molecule has 86 valence electrons. The normalized spacial score (nSPS) is 9.88. The zero-order valence-electron chi connectivity index (χ0n) is 8.27. The Morgan fingerprint density at radius 2 is 2.12 bits per heavy atom. The molecule has 16 heavy (non-hydrogen) atoms. The summed E-state index contributed by atoms with van der Waals surface area (Å²) in [5, 5.41) is 8.89. The van der Waals surface area contributed by atoms with Gasteiger partial charge < -0.3 is 15.6 Å². The second-order valence-electron chi connectivity index (χ2n) is 2.95. The minimum atomic E-state index is -1.14. The number of carbonyl (C=O) groups is 2. The molecule has 0 saturated carbocycles. The molecule has 1 aromatic rings. The summed E-state index contributed by atoms with van der Waals surface area (Å²) >= 11 is 1.84. The molecule has 0 heterocycles. The second kappa shape index (κ2) is 5.80. The standard InChI is InChI=1S/C10H10INO4/c11-4-9(13)16-8-3-6(5-12)1-2-7(8)10(14)15/h1-3H,4-5,12H2,(H,14,15). The predicted molar refractivity (Wildman–Crippen MR) is 65.8 cm³/mol. The zero-order chi connectivity index (χ0) is 12.1. The van der Waals surface area contributed by atoms with E-state index in [1.807, 2.05) is 22.6 Å². The summed E-state index contributed by atoms with van der Waals surface area (Å²) in [4.78, 5) is 22.0. The molecule has 1 rings (SSSR count). The van der Waals surface area contributed by atoms with Crippen molar-refractivity contribution >= 4 is 34.5 Å². The number of ether oxygens (including phenoxy) is 1. The molecule has 0 bridgehead atoms. The Kier molecular flexibility index (Phi) is 4.69. The average molecular weight is 335 g/mol. The molecular formula is C10H10INO4. The summed E-state index contributed by atoms with van der Waals surface area (Å²) in [6.07, 6.45) is 0. The number of rotatable bonds is 4. The summed E-state index contributed by atoms with van der Waals surface area (Å²) in [7, 11) is 0. The van der Waals surface area contributed by atoms with Crippen LogP contribution in [0.3, 0.4) is 0 Å². The monoisotopic (exact) mass is 335 g/mol. The number of carboxylic acid groups (broad SMARTS) is 1. The number of carboxylic acids is 1. The van der Waals surface area contributed by atoms with Crippen LogP contribution in [0.25, 0.3) is 0 Å². The third-order valence-electron chi connectivity index (χ3n) is 1.85. The lowest BCUT2D eigenvalue weighted by atomic mass is 10.1. The van der Waals surface area contributed by atoms with E-state index in [1.54, 1.807) is 6.07 Å². The fourth-order valence-corrected chi connectivity index (χ4v) is 1.26. The van der Waals surface area contributed by atoms with Gasteiger partial charge in [0.1, 0.15) is 11.3 Å². The first-order chi connectivity index (χ1) is 7.58. The Labute approximate surface area is 106 Å². The van der Waals surface area contributed by atoms with Crippen LogP contribution in [-0.2, 0) is 11.3 Å².